The van der Waals surface area contributed by atoms with E-state index in [0.29, 0.717) is 0 Å². The van der Waals surface area contributed by atoms with E-state index in [1.54, 1.807) is 11.1 Å². The SMILES string of the molecule is CC1CCN(c2nncc(N3CCN(C=O)CC3)n2)CC1. The van der Waals surface area contributed by atoms with Gasteiger partial charge in [0.05, 0.1) is 6.20 Å². The van der Waals surface area contributed by atoms with Crippen LogP contribution >= 0.6 is 0 Å². The first-order valence-electron chi connectivity index (χ1n) is 7.65. The zero-order valence-electron chi connectivity index (χ0n) is 12.5. The second-order valence-electron chi connectivity index (χ2n) is 5.91. The molecule has 0 aromatic carbocycles. The van der Waals surface area contributed by atoms with Crippen LogP contribution in [0.3, 0.4) is 0 Å². The van der Waals surface area contributed by atoms with E-state index in [-0.39, 0.29) is 0 Å². The fraction of sp³-hybridized carbons (Fsp3) is 0.714. The third-order valence-corrected chi connectivity index (χ3v) is 4.39. The van der Waals surface area contributed by atoms with E-state index in [1.165, 1.54) is 12.8 Å². The summed E-state index contributed by atoms with van der Waals surface area (Å²) in [6.45, 7) is 7.38. The average molecular weight is 290 g/mol. The molecule has 0 unspecified atom stereocenters. The predicted molar refractivity (Wildman–Crippen MR) is 80.3 cm³/mol. The van der Waals surface area contributed by atoms with Crippen LogP contribution in [0.2, 0.25) is 0 Å². The van der Waals surface area contributed by atoms with Gasteiger partial charge in [-0.3, -0.25) is 4.79 Å². The zero-order chi connectivity index (χ0) is 14.7. The molecule has 21 heavy (non-hydrogen) atoms. The van der Waals surface area contributed by atoms with Crippen LogP contribution in [0.4, 0.5) is 11.8 Å². The summed E-state index contributed by atoms with van der Waals surface area (Å²) in [5, 5.41) is 8.30. The number of anilines is 2. The molecular weight excluding hydrogens is 268 g/mol. The first-order chi connectivity index (χ1) is 10.3. The summed E-state index contributed by atoms with van der Waals surface area (Å²) in [6, 6.07) is 0. The van der Waals surface area contributed by atoms with E-state index < -0.39 is 0 Å². The Bertz CT molecular complexity index is 480. The molecule has 7 nitrogen and oxygen atoms in total. The Morgan fingerprint density at radius 1 is 1.10 bits per heavy atom. The third kappa shape index (κ3) is 3.22. The zero-order valence-corrected chi connectivity index (χ0v) is 12.5. The highest BCUT2D eigenvalue weighted by Crippen LogP contribution is 2.21. The Balaban J connectivity index is 1.67. The number of hydrogen-bond acceptors (Lipinski definition) is 6. The Kier molecular flexibility index (Phi) is 4.17. The van der Waals surface area contributed by atoms with Gasteiger partial charge in [0.2, 0.25) is 12.4 Å². The molecule has 3 rings (SSSR count). The van der Waals surface area contributed by atoms with Gasteiger partial charge in [-0.2, -0.15) is 10.1 Å². The van der Waals surface area contributed by atoms with Crippen molar-refractivity contribution in [3.63, 3.8) is 0 Å². The lowest BCUT2D eigenvalue weighted by molar-refractivity contribution is -0.118. The maximum absolute atomic E-state index is 10.8. The third-order valence-electron chi connectivity index (χ3n) is 4.39. The van der Waals surface area contributed by atoms with E-state index in [2.05, 4.69) is 31.9 Å². The number of amides is 1. The van der Waals surface area contributed by atoms with Gasteiger partial charge in [-0.15, -0.1) is 5.10 Å². The van der Waals surface area contributed by atoms with Crippen molar-refractivity contribution in [2.45, 2.75) is 19.8 Å². The molecule has 114 valence electrons. The highest BCUT2D eigenvalue weighted by atomic mass is 16.1. The monoisotopic (exact) mass is 290 g/mol. The molecule has 0 aliphatic carbocycles. The molecule has 2 aliphatic heterocycles. The first-order valence-corrected chi connectivity index (χ1v) is 7.65. The summed E-state index contributed by atoms with van der Waals surface area (Å²) in [7, 11) is 0. The second-order valence-corrected chi connectivity index (χ2v) is 5.91. The average Bonchev–Trinajstić information content (AvgIpc) is 2.56. The molecule has 0 radical (unpaired) electrons. The van der Waals surface area contributed by atoms with Crippen LogP contribution in [0.25, 0.3) is 0 Å². The molecule has 0 atom stereocenters. The molecule has 2 fully saturated rings. The molecule has 2 saturated heterocycles. The van der Waals surface area contributed by atoms with Crippen molar-refractivity contribution in [3.8, 4) is 0 Å². The number of hydrogen-bond donors (Lipinski definition) is 0. The minimum atomic E-state index is 0.734. The fourth-order valence-corrected chi connectivity index (χ4v) is 2.84. The topological polar surface area (TPSA) is 65.5 Å². The van der Waals surface area contributed by atoms with Crippen LogP contribution in [0.15, 0.2) is 6.20 Å². The van der Waals surface area contributed by atoms with Gasteiger partial charge < -0.3 is 14.7 Å². The highest BCUT2D eigenvalue weighted by molar-refractivity contribution is 5.49. The molecule has 1 aromatic heterocycles. The van der Waals surface area contributed by atoms with Crippen LogP contribution < -0.4 is 9.80 Å². The van der Waals surface area contributed by atoms with Crippen molar-refractivity contribution < 1.29 is 4.79 Å². The summed E-state index contributed by atoms with van der Waals surface area (Å²) in [6.07, 6.45) is 5.00. The van der Waals surface area contributed by atoms with Crippen molar-refractivity contribution in [1.29, 1.82) is 0 Å². The van der Waals surface area contributed by atoms with Gasteiger partial charge in [-0.1, -0.05) is 6.92 Å². The van der Waals surface area contributed by atoms with Crippen LogP contribution in [0.1, 0.15) is 19.8 Å². The van der Waals surface area contributed by atoms with Gasteiger partial charge in [0, 0.05) is 39.3 Å². The van der Waals surface area contributed by atoms with Crippen molar-refractivity contribution in [1.82, 2.24) is 20.1 Å². The lowest BCUT2D eigenvalue weighted by Crippen LogP contribution is -2.46. The van der Waals surface area contributed by atoms with Gasteiger partial charge in [0.25, 0.3) is 0 Å². The number of piperidine rings is 1. The minimum absolute atomic E-state index is 0.734. The van der Waals surface area contributed by atoms with Crippen molar-refractivity contribution in [2.75, 3.05) is 49.1 Å². The number of carbonyl (C=O) groups is 1. The lowest BCUT2D eigenvalue weighted by Gasteiger charge is -2.34. The van der Waals surface area contributed by atoms with E-state index in [1.807, 2.05) is 0 Å². The standard InChI is InChI=1S/C14H22N6O/c1-12-2-4-20(5-3-12)14-16-13(10-15-17-14)19-8-6-18(11-21)7-9-19/h10-12H,2-9H2,1H3. The minimum Gasteiger partial charge on any atom is -0.352 e. The largest absolute Gasteiger partial charge is 0.352 e. The van der Waals surface area contributed by atoms with E-state index >= 15 is 0 Å². The summed E-state index contributed by atoms with van der Waals surface area (Å²) < 4.78 is 0. The van der Waals surface area contributed by atoms with Crippen LogP contribution in [-0.4, -0.2) is 65.8 Å². The first kappa shape index (κ1) is 14.0. The summed E-state index contributed by atoms with van der Waals surface area (Å²) in [5.74, 6) is 2.38. The Morgan fingerprint density at radius 2 is 1.81 bits per heavy atom. The molecule has 0 N–H and O–H groups in total. The number of nitrogens with zero attached hydrogens (tertiary/aromatic N) is 6. The second kappa shape index (κ2) is 6.24. The van der Waals surface area contributed by atoms with Crippen molar-refractivity contribution in [2.24, 2.45) is 5.92 Å². The van der Waals surface area contributed by atoms with E-state index in [0.717, 1.165) is 63.4 Å². The normalized spacial score (nSPS) is 20.7. The number of carbonyl (C=O) groups excluding carboxylic acids is 1. The van der Waals surface area contributed by atoms with Crippen molar-refractivity contribution >= 4 is 18.2 Å². The highest BCUT2D eigenvalue weighted by Gasteiger charge is 2.21. The maximum Gasteiger partial charge on any atom is 0.247 e. The lowest BCUT2D eigenvalue weighted by atomic mass is 10.00. The van der Waals surface area contributed by atoms with Gasteiger partial charge in [0.1, 0.15) is 0 Å². The summed E-state index contributed by atoms with van der Waals surface area (Å²) in [4.78, 5) is 21.6. The quantitative estimate of drug-likeness (QED) is 0.750. The number of piperazine rings is 1. The van der Waals surface area contributed by atoms with E-state index in [4.69, 9.17) is 0 Å². The Morgan fingerprint density at radius 3 is 2.48 bits per heavy atom. The Hall–Kier alpha value is -1.92. The van der Waals surface area contributed by atoms with Crippen molar-refractivity contribution in [3.05, 3.63) is 6.20 Å². The summed E-state index contributed by atoms with van der Waals surface area (Å²) >= 11 is 0. The van der Waals surface area contributed by atoms with Gasteiger partial charge in [-0.05, 0) is 18.8 Å². The number of aromatic nitrogens is 3. The van der Waals surface area contributed by atoms with Gasteiger partial charge in [0.15, 0.2) is 5.82 Å². The van der Waals surface area contributed by atoms with Gasteiger partial charge in [-0.25, -0.2) is 0 Å². The van der Waals surface area contributed by atoms with Crippen LogP contribution in [0, 0.1) is 5.92 Å². The molecule has 3 heterocycles. The summed E-state index contributed by atoms with van der Waals surface area (Å²) in [5.41, 5.74) is 0. The Labute approximate surface area is 125 Å². The molecule has 0 saturated carbocycles. The molecule has 1 aromatic rings. The predicted octanol–water partition coefficient (Wildman–Crippen LogP) is 0.386. The molecule has 1 amide bonds. The van der Waals surface area contributed by atoms with E-state index in [9.17, 15) is 4.79 Å². The smallest absolute Gasteiger partial charge is 0.247 e. The molecular formula is C14H22N6O. The van der Waals surface area contributed by atoms with Gasteiger partial charge >= 0.3 is 0 Å². The molecule has 0 bridgehead atoms. The fourth-order valence-electron chi connectivity index (χ4n) is 2.84. The molecule has 7 heteroatoms. The van der Waals surface area contributed by atoms with Crippen LogP contribution in [0.5, 0.6) is 0 Å². The number of rotatable bonds is 3. The maximum atomic E-state index is 10.8. The molecule has 2 aliphatic rings. The van der Waals surface area contributed by atoms with Crippen LogP contribution in [-0.2, 0) is 4.79 Å². The molecule has 0 spiro atoms.